The van der Waals surface area contributed by atoms with E-state index in [1.54, 1.807) is 0 Å². The molecule has 122 valence electrons. The maximum atomic E-state index is 12.4. The molecule has 1 aliphatic rings. The molecular weight excluding hydrogens is 282 g/mol. The summed E-state index contributed by atoms with van der Waals surface area (Å²) in [6.45, 7) is 8.54. The molecule has 1 aliphatic heterocycles. The average Bonchev–Trinajstić information content (AvgIpc) is 3.01. The smallest absolute Gasteiger partial charge is 0.253 e. The Balaban J connectivity index is 1.96. The van der Waals surface area contributed by atoms with Crippen molar-refractivity contribution in [3.05, 3.63) is 23.0 Å². The first-order valence-corrected chi connectivity index (χ1v) is 7.72. The Morgan fingerprint density at radius 2 is 2.09 bits per heavy atom. The van der Waals surface area contributed by atoms with Crippen LogP contribution in [0, 0.1) is 13.8 Å². The van der Waals surface area contributed by atoms with Crippen molar-refractivity contribution < 1.29 is 14.3 Å². The molecule has 22 heavy (non-hydrogen) atoms. The van der Waals surface area contributed by atoms with Crippen molar-refractivity contribution in [3.8, 4) is 0 Å². The van der Waals surface area contributed by atoms with Gasteiger partial charge < -0.3 is 20.4 Å². The zero-order chi connectivity index (χ0) is 16.4. The summed E-state index contributed by atoms with van der Waals surface area (Å²) in [4.78, 5) is 23.4. The van der Waals surface area contributed by atoms with Gasteiger partial charge >= 0.3 is 0 Å². The second-order valence-electron chi connectivity index (χ2n) is 6.19. The number of carbonyl (C=O) groups is 2. The van der Waals surface area contributed by atoms with Gasteiger partial charge in [-0.15, -0.1) is 0 Å². The molecule has 0 aliphatic carbocycles. The molecule has 6 heteroatoms. The van der Waals surface area contributed by atoms with Gasteiger partial charge in [0, 0.05) is 24.0 Å². The lowest BCUT2D eigenvalue weighted by Gasteiger charge is -2.14. The largest absolute Gasteiger partial charge is 0.367 e. The van der Waals surface area contributed by atoms with E-state index in [0.29, 0.717) is 24.6 Å². The SMILES string of the molecule is Cc1cc(C(=O)NC[C@@H]2CC[C@H](C(N)=O)O2)c(C)n1C(C)C. The van der Waals surface area contributed by atoms with Crippen LogP contribution in [0.5, 0.6) is 0 Å². The Morgan fingerprint density at radius 3 is 2.59 bits per heavy atom. The van der Waals surface area contributed by atoms with E-state index >= 15 is 0 Å². The van der Waals surface area contributed by atoms with E-state index in [1.807, 2.05) is 19.9 Å². The minimum atomic E-state index is -0.520. The summed E-state index contributed by atoms with van der Waals surface area (Å²) in [5.41, 5.74) is 7.95. The molecule has 1 aromatic rings. The van der Waals surface area contributed by atoms with Crippen molar-refractivity contribution in [1.82, 2.24) is 9.88 Å². The normalized spacial score (nSPS) is 21.3. The molecule has 0 radical (unpaired) electrons. The van der Waals surface area contributed by atoms with Crippen LogP contribution >= 0.6 is 0 Å². The molecule has 0 aromatic carbocycles. The van der Waals surface area contributed by atoms with Crippen LogP contribution in [0.15, 0.2) is 6.07 Å². The molecule has 2 amide bonds. The first-order valence-electron chi connectivity index (χ1n) is 7.72. The predicted molar refractivity (Wildman–Crippen MR) is 83.7 cm³/mol. The number of hydrogen-bond acceptors (Lipinski definition) is 3. The number of nitrogens with one attached hydrogen (secondary N) is 1. The van der Waals surface area contributed by atoms with Crippen LogP contribution in [0.1, 0.15) is 54.5 Å². The first kappa shape index (κ1) is 16.5. The molecule has 2 atom stereocenters. The Kier molecular flexibility index (Phi) is 4.90. The van der Waals surface area contributed by atoms with Gasteiger partial charge in [0.2, 0.25) is 5.91 Å². The van der Waals surface area contributed by atoms with Gasteiger partial charge in [-0.05, 0) is 46.6 Å². The third kappa shape index (κ3) is 3.32. The van der Waals surface area contributed by atoms with Crippen LogP contribution in [-0.4, -0.2) is 35.1 Å². The van der Waals surface area contributed by atoms with Crippen molar-refractivity contribution in [1.29, 1.82) is 0 Å². The van der Waals surface area contributed by atoms with E-state index in [4.69, 9.17) is 10.5 Å². The van der Waals surface area contributed by atoms with Crippen molar-refractivity contribution in [2.24, 2.45) is 5.73 Å². The van der Waals surface area contributed by atoms with Crippen molar-refractivity contribution >= 4 is 11.8 Å². The number of ether oxygens (including phenoxy) is 1. The Labute approximate surface area is 131 Å². The predicted octanol–water partition coefficient (Wildman–Crippen LogP) is 1.45. The molecule has 2 heterocycles. The number of carbonyl (C=O) groups excluding carboxylic acids is 2. The Bertz CT molecular complexity index is 577. The van der Waals surface area contributed by atoms with Gasteiger partial charge in [0.1, 0.15) is 6.10 Å². The van der Waals surface area contributed by atoms with E-state index in [-0.39, 0.29) is 12.0 Å². The molecule has 0 saturated carbocycles. The quantitative estimate of drug-likeness (QED) is 0.863. The highest BCUT2D eigenvalue weighted by atomic mass is 16.5. The zero-order valence-corrected chi connectivity index (χ0v) is 13.7. The van der Waals surface area contributed by atoms with Gasteiger partial charge in [-0.3, -0.25) is 9.59 Å². The number of aromatic nitrogens is 1. The molecule has 6 nitrogen and oxygen atoms in total. The van der Waals surface area contributed by atoms with E-state index < -0.39 is 12.0 Å². The fourth-order valence-electron chi connectivity index (χ4n) is 3.17. The number of primary amides is 1. The van der Waals surface area contributed by atoms with Crippen LogP contribution in [0.4, 0.5) is 0 Å². The summed E-state index contributed by atoms with van der Waals surface area (Å²) in [6.07, 6.45) is 0.694. The summed E-state index contributed by atoms with van der Waals surface area (Å²) < 4.78 is 7.66. The van der Waals surface area contributed by atoms with E-state index in [2.05, 4.69) is 23.7 Å². The Morgan fingerprint density at radius 1 is 1.41 bits per heavy atom. The number of hydrogen-bond donors (Lipinski definition) is 2. The maximum Gasteiger partial charge on any atom is 0.253 e. The van der Waals surface area contributed by atoms with Gasteiger partial charge in [0.25, 0.3) is 5.91 Å². The molecule has 3 N–H and O–H groups in total. The topological polar surface area (TPSA) is 86.3 Å². The third-order valence-corrected chi connectivity index (χ3v) is 4.16. The molecule has 0 spiro atoms. The lowest BCUT2D eigenvalue weighted by Crippen LogP contribution is -2.34. The number of rotatable bonds is 5. The number of aryl methyl sites for hydroxylation is 1. The summed E-state index contributed by atoms with van der Waals surface area (Å²) in [5.74, 6) is -0.541. The molecule has 2 rings (SSSR count). The summed E-state index contributed by atoms with van der Waals surface area (Å²) >= 11 is 0. The minimum Gasteiger partial charge on any atom is -0.367 e. The molecule has 0 unspecified atom stereocenters. The summed E-state index contributed by atoms with van der Waals surface area (Å²) in [5, 5.41) is 2.89. The van der Waals surface area contributed by atoms with E-state index in [1.165, 1.54) is 0 Å². The van der Waals surface area contributed by atoms with Crippen molar-refractivity contribution in [2.75, 3.05) is 6.54 Å². The monoisotopic (exact) mass is 307 g/mol. The molecule has 1 saturated heterocycles. The maximum absolute atomic E-state index is 12.4. The zero-order valence-electron chi connectivity index (χ0n) is 13.7. The third-order valence-electron chi connectivity index (χ3n) is 4.16. The van der Waals surface area contributed by atoms with Crippen LogP contribution in [0.3, 0.4) is 0 Å². The van der Waals surface area contributed by atoms with Gasteiger partial charge in [0.05, 0.1) is 11.7 Å². The highest BCUT2D eigenvalue weighted by Gasteiger charge is 2.29. The number of amides is 2. The van der Waals surface area contributed by atoms with E-state index in [0.717, 1.165) is 17.8 Å². The summed E-state index contributed by atoms with van der Waals surface area (Å²) in [7, 11) is 0. The average molecular weight is 307 g/mol. The van der Waals surface area contributed by atoms with Crippen LogP contribution in [0.2, 0.25) is 0 Å². The van der Waals surface area contributed by atoms with Crippen LogP contribution in [0.25, 0.3) is 0 Å². The van der Waals surface area contributed by atoms with Crippen LogP contribution < -0.4 is 11.1 Å². The highest BCUT2D eigenvalue weighted by Crippen LogP contribution is 2.21. The second-order valence-corrected chi connectivity index (χ2v) is 6.19. The first-order chi connectivity index (χ1) is 10.3. The second kappa shape index (κ2) is 6.52. The lowest BCUT2D eigenvalue weighted by atomic mass is 10.2. The van der Waals surface area contributed by atoms with Crippen molar-refractivity contribution in [3.63, 3.8) is 0 Å². The van der Waals surface area contributed by atoms with Crippen LogP contribution in [-0.2, 0) is 9.53 Å². The fraction of sp³-hybridized carbons (Fsp3) is 0.625. The Hall–Kier alpha value is -1.82. The molecule has 1 aromatic heterocycles. The van der Waals surface area contributed by atoms with Crippen molar-refractivity contribution in [2.45, 2.75) is 58.8 Å². The highest BCUT2D eigenvalue weighted by molar-refractivity contribution is 5.95. The van der Waals surface area contributed by atoms with Gasteiger partial charge in [-0.1, -0.05) is 0 Å². The van der Waals surface area contributed by atoms with E-state index in [9.17, 15) is 9.59 Å². The molecule has 1 fully saturated rings. The molecule has 0 bridgehead atoms. The lowest BCUT2D eigenvalue weighted by molar-refractivity contribution is -0.128. The van der Waals surface area contributed by atoms with Gasteiger partial charge in [0.15, 0.2) is 0 Å². The fourth-order valence-corrected chi connectivity index (χ4v) is 3.17. The number of nitrogens with two attached hydrogens (primary N) is 1. The minimum absolute atomic E-state index is 0.105. The van der Waals surface area contributed by atoms with Gasteiger partial charge in [-0.25, -0.2) is 0 Å². The number of nitrogens with zero attached hydrogens (tertiary/aromatic N) is 1. The van der Waals surface area contributed by atoms with Gasteiger partial charge in [-0.2, -0.15) is 0 Å². The molecular formula is C16H25N3O3. The summed E-state index contributed by atoms with van der Waals surface area (Å²) in [6, 6.07) is 2.22. The standard InChI is InChI=1S/C16H25N3O3/c1-9(2)19-10(3)7-13(11(19)4)16(21)18-8-12-5-6-14(22-12)15(17)20/h7,9,12,14H,5-6,8H2,1-4H3,(H2,17,20)(H,18,21)/t12-,14+/m0/s1.